The van der Waals surface area contributed by atoms with E-state index < -0.39 is 0 Å². The van der Waals surface area contributed by atoms with E-state index >= 15 is 0 Å². The van der Waals surface area contributed by atoms with Crippen molar-refractivity contribution >= 4 is 11.6 Å². The first-order valence-corrected chi connectivity index (χ1v) is 10.5. The Bertz CT molecular complexity index is 1030. The first-order valence-electron chi connectivity index (χ1n) is 10.2. The van der Waals surface area contributed by atoms with E-state index in [0.717, 1.165) is 37.1 Å². The topological polar surface area (TPSA) is 51.0 Å². The summed E-state index contributed by atoms with van der Waals surface area (Å²) >= 11 is 6.19. The highest BCUT2D eigenvalue weighted by Crippen LogP contribution is 2.22. The lowest BCUT2D eigenvalue weighted by atomic mass is 10.1. The molecule has 150 valence electrons. The van der Waals surface area contributed by atoms with Gasteiger partial charge in [-0.05, 0) is 37.5 Å². The quantitative estimate of drug-likeness (QED) is 0.621. The van der Waals surface area contributed by atoms with Crippen molar-refractivity contribution in [3.8, 4) is 11.4 Å². The zero-order chi connectivity index (χ0) is 20.2. The van der Waals surface area contributed by atoms with E-state index in [1.807, 2.05) is 61.5 Å². The third kappa shape index (κ3) is 4.57. The van der Waals surface area contributed by atoms with Gasteiger partial charge >= 0.3 is 0 Å². The number of aromatic nitrogens is 3. The summed E-state index contributed by atoms with van der Waals surface area (Å²) in [5.74, 6) is 0.530. The van der Waals surface area contributed by atoms with Crippen molar-refractivity contribution in [2.45, 2.75) is 38.8 Å². The summed E-state index contributed by atoms with van der Waals surface area (Å²) in [5, 5.41) is 5.28. The Morgan fingerprint density at radius 2 is 1.79 bits per heavy atom. The molecule has 0 radical (unpaired) electrons. The van der Waals surface area contributed by atoms with Crippen LogP contribution in [0.5, 0.6) is 0 Å². The van der Waals surface area contributed by atoms with Crippen LogP contribution in [0.3, 0.4) is 0 Å². The third-order valence-corrected chi connectivity index (χ3v) is 5.70. The highest BCUT2D eigenvalue weighted by Gasteiger charge is 2.22. The highest BCUT2D eigenvalue weighted by atomic mass is 35.5. The molecule has 1 aliphatic rings. The van der Waals surface area contributed by atoms with Crippen LogP contribution in [0.2, 0.25) is 5.02 Å². The molecule has 1 unspecified atom stereocenters. The van der Waals surface area contributed by atoms with Crippen LogP contribution in [0.25, 0.3) is 11.4 Å². The lowest BCUT2D eigenvalue weighted by Gasteiger charge is -2.32. The fourth-order valence-corrected chi connectivity index (χ4v) is 4.02. The molecule has 1 fully saturated rings. The first-order chi connectivity index (χ1) is 14.1. The van der Waals surface area contributed by atoms with Crippen molar-refractivity contribution in [1.29, 1.82) is 0 Å². The van der Waals surface area contributed by atoms with Gasteiger partial charge in [0.15, 0.2) is 5.82 Å². The van der Waals surface area contributed by atoms with Crippen molar-refractivity contribution in [3.05, 3.63) is 81.2 Å². The van der Waals surface area contributed by atoms with Crippen LogP contribution >= 0.6 is 11.6 Å². The summed E-state index contributed by atoms with van der Waals surface area (Å²) in [6.07, 6.45) is 3.92. The molecule has 1 aromatic heterocycles. The van der Waals surface area contributed by atoms with Crippen molar-refractivity contribution < 1.29 is 0 Å². The predicted octanol–water partition coefficient (Wildman–Crippen LogP) is 4.55. The maximum absolute atomic E-state index is 13.3. The standard InChI is InChI=1S/C23H25ClN4O/c1-17(27-13-6-3-7-14-27)28-23(29)21(15-18-9-4-2-5-10-18)25-22(26-28)19-11-8-12-20(24)16-19/h2,4-5,8-12,16-17H,3,6-7,13-15H2,1H3. The van der Waals surface area contributed by atoms with Crippen LogP contribution in [0.4, 0.5) is 0 Å². The molecule has 1 saturated heterocycles. The van der Waals surface area contributed by atoms with Crippen molar-refractivity contribution in [3.63, 3.8) is 0 Å². The number of hydrogen-bond acceptors (Lipinski definition) is 4. The Kier molecular flexibility index (Phi) is 6.07. The fraction of sp³-hybridized carbons (Fsp3) is 0.348. The largest absolute Gasteiger partial charge is 0.290 e. The van der Waals surface area contributed by atoms with Gasteiger partial charge in [0.05, 0.1) is 0 Å². The molecular formula is C23H25ClN4O. The lowest BCUT2D eigenvalue weighted by Crippen LogP contribution is -2.42. The molecule has 0 saturated carbocycles. The molecule has 2 aromatic carbocycles. The van der Waals surface area contributed by atoms with Crippen LogP contribution < -0.4 is 5.56 Å². The van der Waals surface area contributed by atoms with Gasteiger partial charge in [0.1, 0.15) is 11.9 Å². The van der Waals surface area contributed by atoms with Gasteiger partial charge in [-0.15, -0.1) is 5.10 Å². The van der Waals surface area contributed by atoms with Crippen LogP contribution in [-0.4, -0.2) is 32.8 Å². The first kappa shape index (κ1) is 19.8. The van der Waals surface area contributed by atoms with Gasteiger partial charge in [-0.3, -0.25) is 9.69 Å². The van der Waals surface area contributed by atoms with Crippen LogP contribution in [0, 0.1) is 0 Å². The van der Waals surface area contributed by atoms with E-state index in [0.29, 0.717) is 23.0 Å². The molecule has 0 spiro atoms. The van der Waals surface area contributed by atoms with E-state index in [1.165, 1.54) is 6.42 Å². The molecule has 0 aliphatic carbocycles. The molecule has 29 heavy (non-hydrogen) atoms. The van der Waals surface area contributed by atoms with Gasteiger partial charge in [-0.1, -0.05) is 60.5 Å². The molecule has 4 rings (SSSR count). The van der Waals surface area contributed by atoms with E-state index in [2.05, 4.69) is 15.0 Å². The molecule has 0 N–H and O–H groups in total. The van der Waals surface area contributed by atoms with Crippen molar-refractivity contribution in [2.24, 2.45) is 0 Å². The number of rotatable bonds is 5. The van der Waals surface area contributed by atoms with E-state index in [9.17, 15) is 4.79 Å². The average Bonchev–Trinajstić information content (AvgIpc) is 2.76. The summed E-state index contributed by atoms with van der Waals surface area (Å²) in [5.41, 5.74) is 2.24. The Labute approximate surface area is 176 Å². The van der Waals surface area contributed by atoms with Gasteiger partial charge in [0, 0.05) is 30.1 Å². The summed E-state index contributed by atoms with van der Waals surface area (Å²) in [6, 6.07) is 17.4. The Balaban J connectivity index is 1.79. The smallest absolute Gasteiger partial charge is 0.282 e. The van der Waals surface area contributed by atoms with Crippen LogP contribution in [-0.2, 0) is 6.42 Å². The Morgan fingerprint density at radius 3 is 2.52 bits per heavy atom. The van der Waals surface area contributed by atoms with Crippen molar-refractivity contribution in [1.82, 2.24) is 19.7 Å². The second-order valence-electron chi connectivity index (χ2n) is 7.53. The summed E-state index contributed by atoms with van der Waals surface area (Å²) < 4.78 is 1.60. The minimum absolute atomic E-state index is 0.113. The SMILES string of the molecule is CC(N1CCCCC1)n1nc(-c2cccc(Cl)c2)nc(Cc2ccccc2)c1=O. The van der Waals surface area contributed by atoms with Gasteiger partial charge in [0.25, 0.3) is 5.56 Å². The van der Waals surface area contributed by atoms with Crippen molar-refractivity contribution in [2.75, 3.05) is 13.1 Å². The average molecular weight is 409 g/mol. The molecule has 2 heterocycles. The second-order valence-corrected chi connectivity index (χ2v) is 7.97. The fourth-order valence-electron chi connectivity index (χ4n) is 3.83. The molecule has 1 aliphatic heterocycles. The van der Waals surface area contributed by atoms with Crippen LogP contribution in [0.15, 0.2) is 59.4 Å². The van der Waals surface area contributed by atoms with E-state index in [4.69, 9.17) is 11.6 Å². The minimum atomic E-state index is -0.127. The summed E-state index contributed by atoms with van der Waals surface area (Å²) in [7, 11) is 0. The number of benzene rings is 2. The number of halogens is 1. The predicted molar refractivity (Wildman–Crippen MR) is 116 cm³/mol. The monoisotopic (exact) mass is 408 g/mol. The van der Waals surface area contributed by atoms with E-state index in [-0.39, 0.29) is 11.7 Å². The second kappa shape index (κ2) is 8.89. The zero-order valence-corrected chi connectivity index (χ0v) is 17.3. The van der Waals surface area contributed by atoms with Gasteiger partial charge in [-0.25, -0.2) is 9.67 Å². The molecular weight excluding hydrogens is 384 g/mol. The number of likely N-dealkylation sites (tertiary alicyclic amines) is 1. The third-order valence-electron chi connectivity index (χ3n) is 5.47. The van der Waals surface area contributed by atoms with Gasteiger partial charge < -0.3 is 0 Å². The molecule has 3 aromatic rings. The normalized spacial score (nSPS) is 15.9. The number of piperidine rings is 1. The summed E-state index contributed by atoms with van der Waals surface area (Å²) in [4.78, 5) is 20.3. The van der Waals surface area contributed by atoms with Gasteiger partial charge in [-0.2, -0.15) is 0 Å². The molecule has 1 atom stereocenters. The minimum Gasteiger partial charge on any atom is -0.282 e. The lowest BCUT2D eigenvalue weighted by molar-refractivity contribution is 0.112. The maximum Gasteiger partial charge on any atom is 0.290 e. The van der Waals surface area contributed by atoms with Crippen LogP contribution in [0.1, 0.15) is 43.6 Å². The molecule has 6 heteroatoms. The molecule has 5 nitrogen and oxygen atoms in total. The van der Waals surface area contributed by atoms with Gasteiger partial charge in [0.2, 0.25) is 0 Å². The van der Waals surface area contributed by atoms with E-state index in [1.54, 1.807) is 4.68 Å². The molecule has 0 bridgehead atoms. The maximum atomic E-state index is 13.3. The Morgan fingerprint density at radius 1 is 1.03 bits per heavy atom. The summed E-state index contributed by atoms with van der Waals surface area (Å²) in [6.45, 7) is 4.02. The highest BCUT2D eigenvalue weighted by molar-refractivity contribution is 6.30. The Hall–Kier alpha value is -2.50. The zero-order valence-electron chi connectivity index (χ0n) is 16.6. The number of hydrogen-bond donors (Lipinski definition) is 0. The molecule has 0 amide bonds. The number of nitrogens with zero attached hydrogens (tertiary/aromatic N) is 4.